The highest BCUT2D eigenvalue weighted by Crippen LogP contribution is 2.30. The van der Waals surface area contributed by atoms with Crippen LogP contribution in [0.5, 0.6) is 11.5 Å². The molecule has 0 bridgehead atoms. The number of hydrogen-bond donors (Lipinski definition) is 0. The molecule has 0 amide bonds. The van der Waals surface area contributed by atoms with Gasteiger partial charge < -0.3 is 9.47 Å². The summed E-state index contributed by atoms with van der Waals surface area (Å²) in [7, 11) is 1.66. The predicted octanol–water partition coefficient (Wildman–Crippen LogP) is 3.91. The van der Waals surface area contributed by atoms with Crippen molar-refractivity contribution in [3.05, 3.63) is 30.3 Å². The molecule has 0 aliphatic carbocycles. The molecule has 0 saturated heterocycles. The van der Waals surface area contributed by atoms with Crippen molar-refractivity contribution in [3.8, 4) is 11.5 Å². The van der Waals surface area contributed by atoms with E-state index >= 15 is 0 Å². The molecule has 0 unspecified atom stereocenters. The van der Waals surface area contributed by atoms with Crippen molar-refractivity contribution in [2.75, 3.05) is 7.11 Å². The van der Waals surface area contributed by atoms with Gasteiger partial charge >= 0.3 is 0 Å². The molecule has 88 valence electrons. The predicted molar refractivity (Wildman–Crippen MR) is 68.1 cm³/mol. The van der Waals surface area contributed by atoms with Gasteiger partial charge in [0.25, 0.3) is 0 Å². The fourth-order valence-corrected chi connectivity index (χ4v) is 1.44. The summed E-state index contributed by atoms with van der Waals surface area (Å²) in [6.45, 7) is 11.9. The van der Waals surface area contributed by atoms with Gasteiger partial charge in [-0.05, 0) is 45.4 Å². The van der Waals surface area contributed by atoms with Crippen LogP contribution in [-0.2, 0) is 0 Å². The molecule has 0 aromatic heterocycles. The normalized spacial score (nSPS) is 11.1. The summed E-state index contributed by atoms with van der Waals surface area (Å²) in [5.41, 5.74) is 1.80. The summed E-state index contributed by atoms with van der Waals surface area (Å²) in [4.78, 5) is 0. The second kappa shape index (κ2) is 4.60. The third-order valence-electron chi connectivity index (χ3n) is 2.06. The highest BCUT2D eigenvalue weighted by molar-refractivity contribution is 5.68. The van der Waals surface area contributed by atoms with Crippen LogP contribution >= 0.6 is 0 Å². The van der Waals surface area contributed by atoms with E-state index in [4.69, 9.17) is 9.47 Å². The summed E-state index contributed by atoms with van der Waals surface area (Å²) >= 11 is 0. The maximum Gasteiger partial charge on any atom is 0.130 e. The summed E-state index contributed by atoms with van der Waals surface area (Å²) < 4.78 is 11.1. The first-order chi connectivity index (χ1) is 7.33. The van der Waals surface area contributed by atoms with Gasteiger partial charge in [0, 0.05) is 11.6 Å². The first-order valence-corrected chi connectivity index (χ1v) is 5.36. The Morgan fingerprint density at radius 1 is 1.25 bits per heavy atom. The molecule has 0 spiro atoms. The zero-order chi connectivity index (χ0) is 12.3. The zero-order valence-corrected chi connectivity index (χ0v) is 10.8. The third kappa shape index (κ3) is 3.30. The Morgan fingerprint density at radius 2 is 1.88 bits per heavy atom. The minimum Gasteiger partial charge on any atom is -0.496 e. The second-order valence-electron chi connectivity index (χ2n) is 4.86. The van der Waals surface area contributed by atoms with Crippen LogP contribution in [0.2, 0.25) is 0 Å². The lowest BCUT2D eigenvalue weighted by Gasteiger charge is -2.22. The number of rotatable bonds is 3. The molecule has 0 radical (unpaired) electrons. The van der Waals surface area contributed by atoms with E-state index in [1.54, 1.807) is 7.11 Å². The standard InChI is InChI=1S/C14H20O2/c1-10(2)12-8-7-11(9-13(12)15-6)16-14(3,4)5/h7-9H,1H2,2-6H3. The molecule has 0 saturated carbocycles. The van der Waals surface area contributed by atoms with Crippen LogP contribution in [0.4, 0.5) is 0 Å². The molecule has 2 heteroatoms. The van der Waals surface area contributed by atoms with E-state index in [0.717, 1.165) is 22.6 Å². The Balaban J connectivity index is 3.05. The Morgan fingerprint density at radius 3 is 2.31 bits per heavy atom. The van der Waals surface area contributed by atoms with E-state index < -0.39 is 0 Å². The van der Waals surface area contributed by atoms with Gasteiger partial charge in [0.15, 0.2) is 0 Å². The lowest BCUT2D eigenvalue weighted by Crippen LogP contribution is -2.22. The van der Waals surface area contributed by atoms with Gasteiger partial charge in [0.05, 0.1) is 7.11 Å². The fraction of sp³-hybridized carbons (Fsp3) is 0.429. The largest absolute Gasteiger partial charge is 0.496 e. The molecule has 1 aromatic rings. The van der Waals surface area contributed by atoms with Gasteiger partial charge in [0.1, 0.15) is 17.1 Å². The highest BCUT2D eigenvalue weighted by Gasteiger charge is 2.13. The zero-order valence-electron chi connectivity index (χ0n) is 10.8. The van der Waals surface area contributed by atoms with Crippen molar-refractivity contribution in [1.29, 1.82) is 0 Å². The van der Waals surface area contributed by atoms with Crippen LogP contribution in [0, 0.1) is 0 Å². The maximum atomic E-state index is 5.77. The molecule has 0 aliphatic heterocycles. The summed E-state index contributed by atoms with van der Waals surface area (Å²) in [5, 5.41) is 0. The van der Waals surface area contributed by atoms with Crippen molar-refractivity contribution >= 4 is 5.57 Å². The average Bonchev–Trinajstić information content (AvgIpc) is 2.14. The third-order valence-corrected chi connectivity index (χ3v) is 2.06. The Kier molecular flexibility index (Phi) is 3.63. The molecule has 0 aliphatic rings. The van der Waals surface area contributed by atoms with Gasteiger partial charge in [-0.1, -0.05) is 6.58 Å². The molecule has 0 fully saturated rings. The van der Waals surface area contributed by atoms with E-state index in [1.807, 2.05) is 45.9 Å². The molecule has 16 heavy (non-hydrogen) atoms. The lowest BCUT2D eigenvalue weighted by molar-refractivity contribution is 0.130. The lowest BCUT2D eigenvalue weighted by atomic mass is 10.1. The van der Waals surface area contributed by atoms with Crippen molar-refractivity contribution < 1.29 is 9.47 Å². The SMILES string of the molecule is C=C(C)c1ccc(OC(C)(C)C)cc1OC. The van der Waals surface area contributed by atoms with Crippen molar-refractivity contribution in [1.82, 2.24) is 0 Å². The van der Waals surface area contributed by atoms with E-state index in [2.05, 4.69) is 6.58 Å². The summed E-state index contributed by atoms with van der Waals surface area (Å²) in [6.07, 6.45) is 0. The van der Waals surface area contributed by atoms with Crippen LogP contribution < -0.4 is 9.47 Å². The first-order valence-electron chi connectivity index (χ1n) is 5.36. The summed E-state index contributed by atoms with van der Waals surface area (Å²) in [5.74, 6) is 1.61. The van der Waals surface area contributed by atoms with Crippen LogP contribution in [0.15, 0.2) is 24.8 Å². The van der Waals surface area contributed by atoms with Crippen LogP contribution in [0.3, 0.4) is 0 Å². The molecule has 0 N–H and O–H groups in total. The Labute approximate surface area is 97.9 Å². The molecular formula is C14H20O2. The van der Waals surface area contributed by atoms with Crippen molar-refractivity contribution in [2.24, 2.45) is 0 Å². The first kappa shape index (κ1) is 12.6. The number of allylic oxidation sites excluding steroid dienone is 1. The van der Waals surface area contributed by atoms with Crippen LogP contribution in [0.25, 0.3) is 5.57 Å². The quantitative estimate of drug-likeness (QED) is 0.769. The molecule has 0 atom stereocenters. The molecule has 2 nitrogen and oxygen atoms in total. The van der Waals surface area contributed by atoms with Gasteiger partial charge in [-0.25, -0.2) is 0 Å². The number of hydrogen-bond acceptors (Lipinski definition) is 2. The smallest absolute Gasteiger partial charge is 0.130 e. The summed E-state index contributed by atoms with van der Waals surface area (Å²) in [6, 6.07) is 5.81. The maximum absolute atomic E-state index is 5.77. The van der Waals surface area contributed by atoms with Gasteiger partial charge in [-0.15, -0.1) is 0 Å². The number of ether oxygens (including phenoxy) is 2. The average molecular weight is 220 g/mol. The topological polar surface area (TPSA) is 18.5 Å². The van der Waals surface area contributed by atoms with E-state index in [-0.39, 0.29) is 5.60 Å². The van der Waals surface area contributed by atoms with E-state index in [1.165, 1.54) is 0 Å². The number of benzene rings is 1. The van der Waals surface area contributed by atoms with Gasteiger partial charge in [-0.3, -0.25) is 0 Å². The van der Waals surface area contributed by atoms with Crippen molar-refractivity contribution in [3.63, 3.8) is 0 Å². The van der Waals surface area contributed by atoms with Crippen molar-refractivity contribution in [2.45, 2.75) is 33.3 Å². The van der Waals surface area contributed by atoms with E-state index in [9.17, 15) is 0 Å². The minimum atomic E-state index is -0.199. The second-order valence-corrected chi connectivity index (χ2v) is 4.86. The van der Waals surface area contributed by atoms with Gasteiger partial charge in [0.2, 0.25) is 0 Å². The Hall–Kier alpha value is -1.44. The van der Waals surface area contributed by atoms with Crippen LogP contribution in [-0.4, -0.2) is 12.7 Å². The fourth-order valence-electron chi connectivity index (χ4n) is 1.44. The highest BCUT2D eigenvalue weighted by atomic mass is 16.5. The van der Waals surface area contributed by atoms with Crippen LogP contribution in [0.1, 0.15) is 33.3 Å². The monoisotopic (exact) mass is 220 g/mol. The molecule has 0 heterocycles. The molecule has 1 aromatic carbocycles. The van der Waals surface area contributed by atoms with Gasteiger partial charge in [-0.2, -0.15) is 0 Å². The molecular weight excluding hydrogens is 200 g/mol. The Bertz CT molecular complexity index is 386. The number of methoxy groups -OCH3 is 1. The van der Waals surface area contributed by atoms with E-state index in [0.29, 0.717) is 0 Å². The molecule has 1 rings (SSSR count). The minimum absolute atomic E-state index is 0.199.